The van der Waals surface area contributed by atoms with Crippen LogP contribution in [0.3, 0.4) is 0 Å². The van der Waals surface area contributed by atoms with E-state index in [-0.39, 0.29) is 6.07 Å². The van der Waals surface area contributed by atoms with Crippen molar-refractivity contribution >= 4 is 11.9 Å². The van der Waals surface area contributed by atoms with E-state index in [0.717, 1.165) is 13.8 Å². The van der Waals surface area contributed by atoms with Gasteiger partial charge in [0.1, 0.15) is 0 Å². The van der Waals surface area contributed by atoms with E-state index >= 15 is 0 Å². The molecule has 0 bridgehead atoms. The summed E-state index contributed by atoms with van der Waals surface area (Å²) < 4.78 is 75.1. The molecule has 0 aromatic heterocycles. The maximum Gasteiger partial charge on any atom is 0.416 e. The third-order valence-electron chi connectivity index (χ3n) is 2.54. The monoisotopic (exact) mass is 345 g/mol. The standard InChI is InChI=1S/C11H9F6NO.C2H4O2/c1-5(9(18)19)6-2-7(10(12,13)14)4-8(3-6)11(15,16)17;1-2(3)4/h2-5H,1H3,(H2,18,19);1H3,(H,3,4)/t5-;/m0./s1. The molecule has 1 rings (SSSR count). The predicted molar refractivity (Wildman–Crippen MR) is 67.4 cm³/mol. The van der Waals surface area contributed by atoms with Crippen molar-refractivity contribution in [2.24, 2.45) is 5.73 Å². The van der Waals surface area contributed by atoms with Gasteiger partial charge < -0.3 is 10.8 Å². The summed E-state index contributed by atoms with van der Waals surface area (Å²) in [6.07, 6.45) is -9.87. The Morgan fingerprint density at radius 1 is 1.00 bits per heavy atom. The van der Waals surface area contributed by atoms with Gasteiger partial charge in [0.15, 0.2) is 0 Å². The second-order valence-electron chi connectivity index (χ2n) is 4.48. The van der Waals surface area contributed by atoms with Crippen LogP contribution < -0.4 is 5.73 Å². The zero-order chi connectivity index (χ0) is 18.6. The van der Waals surface area contributed by atoms with Gasteiger partial charge in [-0.1, -0.05) is 0 Å². The van der Waals surface area contributed by atoms with Crippen LogP contribution in [0.15, 0.2) is 18.2 Å². The Morgan fingerprint density at radius 2 is 1.30 bits per heavy atom. The number of nitrogens with two attached hydrogens (primary N) is 1. The molecule has 0 fully saturated rings. The van der Waals surface area contributed by atoms with Crippen LogP contribution in [-0.4, -0.2) is 17.0 Å². The van der Waals surface area contributed by atoms with Crippen LogP contribution in [0.5, 0.6) is 0 Å². The number of aliphatic carboxylic acids is 1. The highest BCUT2D eigenvalue weighted by molar-refractivity contribution is 5.81. The van der Waals surface area contributed by atoms with Gasteiger partial charge in [-0.25, -0.2) is 0 Å². The molecule has 10 heteroatoms. The SMILES string of the molecule is CC(=O)O.C[C@H](C(N)=O)c1cc(C(F)(F)F)cc(C(F)(F)F)c1. The van der Waals surface area contributed by atoms with Crippen LogP contribution >= 0.6 is 0 Å². The van der Waals surface area contributed by atoms with Crippen LogP contribution in [0.4, 0.5) is 26.3 Å². The van der Waals surface area contributed by atoms with Crippen molar-refractivity contribution in [1.29, 1.82) is 0 Å². The predicted octanol–water partition coefficient (Wildman–Crippen LogP) is 3.40. The summed E-state index contributed by atoms with van der Waals surface area (Å²) in [5.74, 6) is -3.09. The van der Waals surface area contributed by atoms with Gasteiger partial charge in [-0.05, 0) is 30.7 Å². The molecule has 1 atom stereocenters. The van der Waals surface area contributed by atoms with Crippen LogP contribution in [0.25, 0.3) is 0 Å². The second kappa shape index (κ2) is 7.34. The van der Waals surface area contributed by atoms with E-state index in [1.807, 2.05) is 0 Å². The van der Waals surface area contributed by atoms with Gasteiger partial charge in [-0.15, -0.1) is 0 Å². The number of carboxylic acids is 1. The number of alkyl halides is 6. The maximum atomic E-state index is 12.5. The normalized spacial score (nSPS) is 12.9. The van der Waals surface area contributed by atoms with Crippen LogP contribution in [0.1, 0.15) is 36.5 Å². The largest absolute Gasteiger partial charge is 0.481 e. The second-order valence-corrected chi connectivity index (χ2v) is 4.48. The van der Waals surface area contributed by atoms with Gasteiger partial charge in [0.25, 0.3) is 5.97 Å². The molecule has 1 amide bonds. The van der Waals surface area contributed by atoms with E-state index in [2.05, 4.69) is 0 Å². The first-order chi connectivity index (χ1) is 10.2. The Labute approximate surface area is 126 Å². The number of carbonyl (C=O) groups excluding carboxylic acids is 1. The van der Waals surface area contributed by atoms with E-state index in [9.17, 15) is 31.1 Å². The summed E-state index contributed by atoms with van der Waals surface area (Å²) in [7, 11) is 0. The lowest BCUT2D eigenvalue weighted by Gasteiger charge is -2.16. The Balaban J connectivity index is 0.00000108. The highest BCUT2D eigenvalue weighted by Crippen LogP contribution is 2.37. The average molecular weight is 345 g/mol. The number of carboxylic acid groups (broad SMARTS) is 1. The molecular weight excluding hydrogens is 332 g/mol. The summed E-state index contributed by atoms with van der Waals surface area (Å²) in [5.41, 5.74) is 1.53. The molecule has 1 aromatic carbocycles. The minimum atomic E-state index is -4.94. The van der Waals surface area contributed by atoms with Gasteiger partial charge in [-0.2, -0.15) is 26.3 Å². The summed E-state index contributed by atoms with van der Waals surface area (Å²) >= 11 is 0. The smallest absolute Gasteiger partial charge is 0.416 e. The fourth-order valence-corrected chi connectivity index (χ4v) is 1.39. The minimum Gasteiger partial charge on any atom is -0.481 e. The molecule has 1 aromatic rings. The zero-order valence-electron chi connectivity index (χ0n) is 11.9. The maximum absolute atomic E-state index is 12.5. The molecule has 0 saturated carbocycles. The lowest BCUT2D eigenvalue weighted by molar-refractivity contribution is -0.143. The Kier molecular flexibility index (Phi) is 6.62. The van der Waals surface area contributed by atoms with Crippen molar-refractivity contribution in [1.82, 2.24) is 0 Å². The highest BCUT2D eigenvalue weighted by atomic mass is 19.4. The minimum absolute atomic E-state index is 0.00276. The number of halogens is 6. The van der Waals surface area contributed by atoms with Crippen LogP contribution in [0, 0.1) is 0 Å². The molecule has 0 unspecified atom stereocenters. The molecule has 0 heterocycles. The summed E-state index contributed by atoms with van der Waals surface area (Å²) in [4.78, 5) is 19.9. The van der Waals surface area contributed by atoms with Crippen molar-refractivity contribution in [2.75, 3.05) is 0 Å². The van der Waals surface area contributed by atoms with Crippen molar-refractivity contribution < 1.29 is 41.0 Å². The van der Waals surface area contributed by atoms with E-state index in [1.54, 1.807) is 0 Å². The highest BCUT2D eigenvalue weighted by Gasteiger charge is 2.37. The number of hydrogen-bond donors (Lipinski definition) is 2. The fourth-order valence-electron chi connectivity index (χ4n) is 1.39. The first-order valence-electron chi connectivity index (χ1n) is 5.94. The molecule has 3 N–H and O–H groups in total. The van der Waals surface area contributed by atoms with Crippen LogP contribution in [0.2, 0.25) is 0 Å². The summed E-state index contributed by atoms with van der Waals surface area (Å²) in [5, 5.41) is 7.42. The Bertz CT molecular complexity index is 544. The number of primary amides is 1. The average Bonchev–Trinajstić information content (AvgIpc) is 2.34. The molecular formula is C13H13F6NO3. The number of carbonyl (C=O) groups is 2. The fraction of sp³-hybridized carbons (Fsp3) is 0.385. The Morgan fingerprint density at radius 3 is 1.52 bits per heavy atom. The van der Waals surface area contributed by atoms with E-state index < -0.39 is 46.8 Å². The topological polar surface area (TPSA) is 80.4 Å². The lowest BCUT2D eigenvalue weighted by Crippen LogP contribution is -2.20. The van der Waals surface area contributed by atoms with Gasteiger partial charge in [-0.3, -0.25) is 9.59 Å². The van der Waals surface area contributed by atoms with Gasteiger partial charge in [0.05, 0.1) is 17.0 Å². The molecule has 0 spiro atoms. The number of hydrogen-bond acceptors (Lipinski definition) is 2. The summed E-state index contributed by atoms with van der Waals surface area (Å²) in [6.45, 7) is 2.22. The molecule has 130 valence electrons. The van der Waals surface area contributed by atoms with Crippen LogP contribution in [-0.2, 0) is 21.9 Å². The van der Waals surface area contributed by atoms with Gasteiger partial charge in [0.2, 0.25) is 5.91 Å². The molecule has 0 aliphatic rings. The Hall–Kier alpha value is -2.26. The zero-order valence-corrected chi connectivity index (χ0v) is 11.9. The summed E-state index contributed by atoms with van der Waals surface area (Å²) in [6, 6.07) is 0.979. The number of rotatable bonds is 2. The van der Waals surface area contributed by atoms with Gasteiger partial charge >= 0.3 is 12.4 Å². The molecule has 4 nitrogen and oxygen atoms in total. The van der Waals surface area contributed by atoms with E-state index in [1.165, 1.54) is 0 Å². The molecule has 0 aliphatic carbocycles. The van der Waals surface area contributed by atoms with Gasteiger partial charge in [0, 0.05) is 6.92 Å². The van der Waals surface area contributed by atoms with E-state index in [4.69, 9.17) is 15.6 Å². The third-order valence-corrected chi connectivity index (χ3v) is 2.54. The molecule has 0 aliphatic heterocycles. The third kappa shape index (κ3) is 7.02. The molecule has 0 radical (unpaired) electrons. The van der Waals surface area contributed by atoms with E-state index in [0.29, 0.717) is 12.1 Å². The van der Waals surface area contributed by atoms with Crippen molar-refractivity contribution in [3.05, 3.63) is 34.9 Å². The molecule has 0 saturated heterocycles. The first-order valence-corrected chi connectivity index (χ1v) is 5.94. The lowest BCUT2D eigenvalue weighted by atomic mass is 9.95. The van der Waals surface area contributed by atoms with Crippen molar-refractivity contribution in [3.63, 3.8) is 0 Å². The first kappa shape index (κ1) is 20.7. The van der Waals surface area contributed by atoms with Crippen molar-refractivity contribution in [3.8, 4) is 0 Å². The number of benzene rings is 1. The molecule has 23 heavy (non-hydrogen) atoms. The number of amides is 1. The quantitative estimate of drug-likeness (QED) is 0.806. The van der Waals surface area contributed by atoms with Crippen molar-refractivity contribution in [2.45, 2.75) is 32.1 Å².